The van der Waals surface area contributed by atoms with Crippen LogP contribution in [0.4, 0.5) is 5.69 Å². The molecule has 64 valence electrons. The van der Waals surface area contributed by atoms with Crippen molar-refractivity contribution in [1.29, 1.82) is 0 Å². The third-order valence-electron chi connectivity index (χ3n) is 1.93. The summed E-state index contributed by atoms with van der Waals surface area (Å²) in [6.07, 6.45) is 0. The predicted molar refractivity (Wildman–Crippen MR) is 65.8 cm³/mol. The van der Waals surface area contributed by atoms with Crippen LogP contribution in [-0.2, 0) is 0 Å². The van der Waals surface area contributed by atoms with Crippen molar-refractivity contribution in [3.8, 4) is 0 Å². The van der Waals surface area contributed by atoms with Crippen molar-refractivity contribution in [2.75, 3.05) is 0 Å². The second kappa shape index (κ2) is 5.40. The summed E-state index contributed by atoms with van der Waals surface area (Å²) in [5.74, 6) is 0. The number of rotatable bonds is 1. The summed E-state index contributed by atoms with van der Waals surface area (Å²) in [6.45, 7) is 0. The Kier molecular flexibility index (Phi) is 4.46. The van der Waals surface area contributed by atoms with Crippen molar-refractivity contribution in [1.82, 2.24) is 0 Å². The molecule has 0 saturated heterocycles. The number of benzene rings is 2. The molecule has 0 spiro atoms. The summed E-state index contributed by atoms with van der Waals surface area (Å²) in [4.78, 5) is 4.00. The van der Waals surface area contributed by atoms with E-state index in [0.29, 0.717) is 0 Å². The van der Waals surface area contributed by atoms with Gasteiger partial charge in [-0.1, -0.05) is 36.4 Å². The first-order valence-corrected chi connectivity index (χ1v) is 4.38. The molecule has 2 aromatic carbocycles. The zero-order valence-corrected chi connectivity index (χ0v) is 7.71. The van der Waals surface area contributed by atoms with E-state index in [-0.39, 0.29) is 29.6 Å². The van der Waals surface area contributed by atoms with Crippen LogP contribution < -0.4 is 0 Å². The molecule has 0 unspecified atom stereocenters. The van der Waals surface area contributed by atoms with E-state index in [4.69, 9.17) is 0 Å². The van der Waals surface area contributed by atoms with E-state index < -0.39 is 0 Å². The summed E-state index contributed by atoms with van der Waals surface area (Å²) in [5, 5.41) is 4.67. The second-order valence-corrected chi connectivity index (χ2v) is 2.88. The second-order valence-electron chi connectivity index (χ2n) is 2.70. The van der Waals surface area contributed by atoms with Crippen LogP contribution in [0.3, 0.4) is 0 Å². The van der Waals surface area contributed by atoms with Gasteiger partial charge < -0.3 is 0 Å². The first kappa shape index (κ1) is 11.6. The van der Waals surface area contributed by atoms with Crippen molar-refractivity contribution in [2.24, 2.45) is 4.99 Å². The minimum atomic E-state index is 0. The van der Waals surface area contributed by atoms with Crippen molar-refractivity contribution in [3.63, 3.8) is 0 Å². The van der Waals surface area contributed by atoms with Gasteiger partial charge in [0.15, 0.2) is 0 Å². The normalized spacial score (nSPS) is 8.86. The van der Waals surface area contributed by atoms with Crippen molar-refractivity contribution in [3.05, 3.63) is 42.5 Å². The number of thiocarbonyl (C=S) groups is 1. The molecule has 0 aliphatic carbocycles. The molecule has 0 amide bonds. The molecule has 0 radical (unpaired) electrons. The predicted octanol–water partition coefficient (Wildman–Crippen LogP) is 2.93. The van der Waals surface area contributed by atoms with E-state index in [0.717, 1.165) is 11.1 Å². The molecule has 0 aromatic heterocycles. The molecule has 14 heavy (non-hydrogen) atoms. The summed E-state index contributed by atoms with van der Waals surface area (Å²) < 4.78 is 0. The molecule has 2 aromatic rings. The number of hydrogen-bond acceptors (Lipinski definition) is 2. The number of isothiocyanates is 1. The van der Waals surface area contributed by atoms with E-state index in [9.17, 15) is 0 Å². The fourth-order valence-electron chi connectivity index (χ4n) is 1.35. The summed E-state index contributed by atoms with van der Waals surface area (Å²) >= 11 is 4.58. The fraction of sp³-hybridized carbons (Fsp3) is 0. The third-order valence-corrected chi connectivity index (χ3v) is 2.02. The van der Waals surface area contributed by atoms with Crippen molar-refractivity contribution >= 4 is 63.4 Å². The van der Waals surface area contributed by atoms with Crippen molar-refractivity contribution in [2.45, 2.75) is 0 Å². The first-order chi connectivity index (χ1) is 6.42. The third kappa shape index (κ3) is 2.30. The van der Waals surface area contributed by atoms with Crippen LogP contribution in [0, 0.1) is 0 Å². The molecule has 0 bridgehead atoms. The zero-order chi connectivity index (χ0) is 9.10. The SMILES string of the molecule is S=C=Nc1cccc2ccccc12.[NaH]. The Morgan fingerprint density at radius 1 is 1.00 bits per heavy atom. The Balaban J connectivity index is 0.000000980. The topological polar surface area (TPSA) is 12.4 Å². The molecule has 0 fully saturated rings. The molecule has 0 saturated carbocycles. The van der Waals surface area contributed by atoms with E-state index in [2.05, 4.69) is 34.5 Å². The molecular formula is C11H8NNaS. The van der Waals surface area contributed by atoms with Gasteiger partial charge in [-0.25, -0.2) is 0 Å². The maximum absolute atomic E-state index is 4.58. The van der Waals surface area contributed by atoms with Gasteiger partial charge in [-0.2, -0.15) is 4.99 Å². The van der Waals surface area contributed by atoms with Gasteiger partial charge in [-0.3, -0.25) is 0 Å². The van der Waals surface area contributed by atoms with E-state index in [1.54, 1.807) is 0 Å². The molecule has 0 aliphatic heterocycles. The first-order valence-electron chi connectivity index (χ1n) is 3.97. The van der Waals surface area contributed by atoms with Gasteiger partial charge in [0.25, 0.3) is 0 Å². The molecule has 1 nitrogen and oxygen atoms in total. The van der Waals surface area contributed by atoms with Gasteiger partial charge in [0.2, 0.25) is 0 Å². The molecule has 0 aliphatic rings. The Morgan fingerprint density at radius 2 is 1.71 bits per heavy atom. The Morgan fingerprint density at radius 3 is 2.50 bits per heavy atom. The number of nitrogens with zero attached hydrogens (tertiary/aromatic N) is 1. The Hall–Kier alpha value is -0.500. The van der Waals surface area contributed by atoms with Gasteiger partial charge in [0.05, 0.1) is 10.8 Å². The van der Waals surface area contributed by atoms with Crippen LogP contribution in [0.1, 0.15) is 0 Å². The monoisotopic (exact) mass is 209 g/mol. The molecule has 2 rings (SSSR count). The summed E-state index contributed by atoms with van der Waals surface area (Å²) in [5.41, 5.74) is 0.883. The van der Waals surface area contributed by atoms with Crippen molar-refractivity contribution < 1.29 is 0 Å². The summed E-state index contributed by atoms with van der Waals surface area (Å²) in [7, 11) is 0. The maximum atomic E-state index is 4.58. The van der Waals surface area contributed by atoms with Crippen LogP contribution >= 0.6 is 12.2 Å². The zero-order valence-electron chi connectivity index (χ0n) is 6.90. The Labute approximate surface area is 110 Å². The Bertz CT molecular complexity index is 484. The molecule has 0 atom stereocenters. The van der Waals surface area contributed by atoms with Crippen LogP contribution in [-0.4, -0.2) is 34.7 Å². The average Bonchev–Trinajstić information content (AvgIpc) is 2.19. The fourth-order valence-corrected chi connectivity index (χ4v) is 1.45. The van der Waals surface area contributed by atoms with Gasteiger partial charge in [0.1, 0.15) is 0 Å². The van der Waals surface area contributed by atoms with Crippen LogP contribution in [0.5, 0.6) is 0 Å². The molecular weight excluding hydrogens is 201 g/mol. The number of aliphatic imine (C=N–C) groups is 1. The van der Waals surface area contributed by atoms with Gasteiger partial charge in [0, 0.05) is 5.39 Å². The van der Waals surface area contributed by atoms with Crippen LogP contribution in [0.25, 0.3) is 10.8 Å². The van der Waals surface area contributed by atoms with Crippen LogP contribution in [0.2, 0.25) is 0 Å². The molecule has 3 heteroatoms. The quantitative estimate of drug-likeness (QED) is 0.399. The minimum absolute atomic E-state index is 0. The average molecular weight is 209 g/mol. The van der Waals surface area contributed by atoms with Gasteiger partial charge in [-0.15, -0.1) is 0 Å². The standard InChI is InChI=1S/C11H7NS.Na.H/c13-8-12-11-7-3-5-9-4-1-2-6-10(9)11;;/h1-7H;;. The van der Waals surface area contributed by atoms with E-state index >= 15 is 0 Å². The number of hydrogen-bond donors (Lipinski definition) is 0. The number of fused-ring (bicyclic) bond motifs is 1. The van der Waals surface area contributed by atoms with E-state index in [1.165, 1.54) is 5.39 Å². The van der Waals surface area contributed by atoms with Gasteiger partial charge >= 0.3 is 29.6 Å². The molecule has 0 N–H and O–H groups in total. The van der Waals surface area contributed by atoms with Gasteiger partial charge in [-0.05, 0) is 23.7 Å². The van der Waals surface area contributed by atoms with Crippen LogP contribution in [0.15, 0.2) is 47.5 Å². The summed E-state index contributed by atoms with van der Waals surface area (Å²) in [6, 6.07) is 14.0. The van der Waals surface area contributed by atoms with E-state index in [1.807, 2.05) is 30.3 Å². The molecule has 0 heterocycles.